The van der Waals surface area contributed by atoms with Gasteiger partial charge in [-0.15, -0.1) is 0 Å². The van der Waals surface area contributed by atoms with Crippen molar-refractivity contribution in [3.8, 4) is 6.07 Å². The third-order valence-electron chi connectivity index (χ3n) is 6.01. The molecule has 1 amide bonds. The highest BCUT2D eigenvalue weighted by Gasteiger charge is 2.30. The Bertz CT molecular complexity index is 1050. The van der Waals surface area contributed by atoms with Gasteiger partial charge in [0, 0.05) is 11.4 Å². The molecule has 1 aliphatic rings. The van der Waals surface area contributed by atoms with Gasteiger partial charge in [0.1, 0.15) is 11.1 Å². The van der Waals surface area contributed by atoms with Crippen LogP contribution in [-0.2, 0) is 17.6 Å². The van der Waals surface area contributed by atoms with Gasteiger partial charge < -0.3 is 10.4 Å². The zero-order valence-electron chi connectivity index (χ0n) is 18.9. The van der Waals surface area contributed by atoms with E-state index in [0.29, 0.717) is 28.6 Å². The maximum absolute atomic E-state index is 12.8. The van der Waals surface area contributed by atoms with Gasteiger partial charge in [0.05, 0.1) is 16.4 Å². The van der Waals surface area contributed by atoms with Gasteiger partial charge in [-0.1, -0.05) is 39.5 Å². The van der Waals surface area contributed by atoms with E-state index in [1.54, 1.807) is 12.1 Å². The average Bonchev–Trinajstić information content (AvgIpc) is 2.76. The number of amides is 1. The number of nitrogens with one attached hydrogen (secondary N) is 1. The van der Waals surface area contributed by atoms with Crippen LogP contribution < -0.4 is 5.32 Å². The minimum absolute atomic E-state index is 0.162. The van der Waals surface area contributed by atoms with Crippen LogP contribution in [0.1, 0.15) is 67.7 Å². The Labute approximate surface area is 193 Å². The number of pyridine rings is 1. The normalized spacial score (nSPS) is 16.5. The van der Waals surface area contributed by atoms with Gasteiger partial charge in [-0.25, -0.2) is 9.78 Å². The van der Waals surface area contributed by atoms with Gasteiger partial charge >= 0.3 is 5.97 Å². The molecule has 6 nitrogen and oxygen atoms in total. The maximum atomic E-state index is 12.8. The molecule has 0 spiro atoms. The van der Waals surface area contributed by atoms with Gasteiger partial charge in [0.15, 0.2) is 0 Å². The molecular weight excluding hydrogens is 422 g/mol. The van der Waals surface area contributed by atoms with E-state index in [0.717, 1.165) is 30.5 Å². The molecule has 0 saturated heterocycles. The number of aromatic carboxylic acids is 1. The van der Waals surface area contributed by atoms with Crippen LogP contribution in [0.15, 0.2) is 35.4 Å². The summed E-state index contributed by atoms with van der Waals surface area (Å²) in [6.07, 6.45) is 3.45. The first-order chi connectivity index (χ1) is 15.1. The van der Waals surface area contributed by atoms with Crippen molar-refractivity contribution in [2.75, 3.05) is 5.32 Å². The molecule has 1 aromatic heterocycles. The van der Waals surface area contributed by atoms with Crippen molar-refractivity contribution in [2.24, 2.45) is 11.3 Å². The fraction of sp³-hybridized carbons (Fsp3) is 0.440. The van der Waals surface area contributed by atoms with Crippen LogP contribution in [0.5, 0.6) is 0 Å². The summed E-state index contributed by atoms with van der Waals surface area (Å²) in [6, 6.07) is 10.3. The van der Waals surface area contributed by atoms with Crippen molar-refractivity contribution in [3.63, 3.8) is 0 Å². The Morgan fingerprint density at radius 1 is 1.31 bits per heavy atom. The Balaban J connectivity index is 1.76. The number of rotatable bonds is 6. The molecule has 1 aliphatic carbocycles. The van der Waals surface area contributed by atoms with Crippen molar-refractivity contribution in [1.82, 2.24) is 4.98 Å². The molecule has 168 valence electrons. The Morgan fingerprint density at radius 2 is 2.00 bits per heavy atom. The molecule has 2 unspecified atom stereocenters. The predicted molar refractivity (Wildman–Crippen MR) is 126 cm³/mol. The number of fused-ring (bicyclic) bond motifs is 1. The van der Waals surface area contributed by atoms with Crippen LogP contribution in [0.3, 0.4) is 0 Å². The molecule has 2 N–H and O–H groups in total. The largest absolute Gasteiger partial charge is 0.478 e. The van der Waals surface area contributed by atoms with E-state index in [1.807, 2.05) is 13.0 Å². The van der Waals surface area contributed by atoms with Crippen LogP contribution >= 0.6 is 11.8 Å². The molecule has 32 heavy (non-hydrogen) atoms. The standard InChI is InChI=1S/C25H29N3O3S/c1-5-21(22(29)27-19-9-6-15(7-10-19)24(30)31)32-23-17(14-26)12-16-13-18(25(2,3)4)8-11-20(16)28-23/h6-7,9-10,12,18,21H,5,8,11,13H2,1-4H3,(H,27,29)(H,30,31). The second kappa shape index (κ2) is 9.74. The zero-order valence-corrected chi connectivity index (χ0v) is 19.8. The van der Waals surface area contributed by atoms with Crippen LogP contribution in [0, 0.1) is 22.7 Å². The molecule has 0 saturated carbocycles. The fourth-order valence-corrected chi connectivity index (χ4v) is 4.93. The lowest BCUT2D eigenvalue weighted by Gasteiger charge is -2.34. The number of carbonyl (C=O) groups is 2. The van der Waals surface area contributed by atoms with Crippen LogP contribution in [0.2, 0.25) is 0 Å². The van der Waals surface area contributed by atoms with Gasteiger partial charge in [0.25, 0.3) is 0 Å². The highest BCUT2D eigenvalue weighted by atomic mass is 32.2. The Kier molecular flexibility index (Phi) is 7.25. The van der Waals surface area contributed by atoms with Gasteiger partial charge in [-0.2, -0.15) is 5.26 Å². The number of hydrogen-bond acceptors (Lipinski definition) is 5. The second-order valence-corrected chi connectivity index (χ2v) is 10.4. The van der Waals surface area contributed by atoms with E-state index in [-0.39, 0.29) is 16.9 Å². The third-order valence-corrected chi connectivity index (χ3v) is 7.38. The summed E-state index contributed by atoms with van der Waals surface area (Å²) in [4.78, 5) is 28.7. The number of carboxylic acids is 1. The number of anilines is 1. The molecule has 2 aromatic rings. The Morgan fingerprint density at radius 3 is 2.56 bits per heavy atom. The summed E-state index contributed by atoms with van der Waals surface area (Å²) in [7, 11) is 0. The van der Waals surface area contributed by atoms with E-state index in [4.69, 9.17) is 10.1 Å². The van der Waals surface area contributed by atoms with Crippen molar-refractivity contribution >= 4 is 29.3 Å². The lowest BCUT2D eigenvalue weighted by atomic mass is 9.71. The highest BCUT2D eigenvalue weighted by molar-refractivity contribution is 8.00. The number of nitrogens with zero attached hydrogens (tertiary/aromatic N) is 2. The first kappa shape index (κ1) is 23.8. The maximum Gasteiger partial charge on any atom is 0.335 e. The molecule has 0 fully saturated rings. The van der Waals surface area contributed by atoms with E-state index >= 15 is 0 Å². The van der Waals surface area contributed by atoms with Crippen molar-refractivity contribution in [2.45, 2.75) is 63.7 Å². The number of carbonyl (C=O) groups excluding carboxylic acids is 1. The number of hydrogen-bond donors (Lipinski definition) is 2. The second-order valence-electron chi connectivity index (χ2n) is 9.25. The monoisotopic (exact) mass is 451 g/mol. The smallest absolute Gasteiger partial charge is 0.335 e. The third kappa shape index (κ3) is 5.49. The van der Waals surface area contributed by atoms with Gasteiger partial charge in [-0.3, -0.25) is 4.79 Å². The minimum Gasteiger partial charge on any atom is -0.478 e. The number of aromatic nitrogens is 1. The first-order valence-corrected chi connectivity index (χ1v) is 11.7. The number of carboxylic acid groups (broad SMARTS) is 1. The topological polar surface area (TPSA) is 103 Å². The fourth-order valence-electron chi connectivity index (χ4n) is 3.93. The van der Waals surface area contributed by atoms with Crippen LogP contribution in [0.4, 0.5) is 5.69 Å². The number of benzene rings is 1. The lowest BCUT2D eigenvalue weighted by Crippen LogP contribution is -2.28. The van der Waals surface area contributed by atoms with Gasteiger partial charge in [-0.05, 0) is 72.9 Å². The number of aryl methyl sites for hydroxylation is 1. The molecular formula is C25H29N3O3S. The average molecular weight is 452 g/mol. The summed E-state index contributed by atoms with van der Waals surface area (Å²) in [5.41, 5.74) is 3.60. The van der Waals surface area contributed by atoms with Crippen molar-refractivity contribution in [3.05, 3.63) is 52.7 Å². The van der Waals surface area contributed by atoms with E-state index in [9.17, 15) is 14.9 Å². The Hall–Kier alpha value is -2.85. The quantitative estimate of drug-likeness (QED) is 0.577. The van der Waals surface area contributed by atoms with Crippen LogP contribution in [0.25, 0.3) is 0 Å². The molecule has 2 atom stereocenters. The van der Waals surface area contributed by atoms with Crippen molar-refractivity contribution < 1.29 is 14.7 Å². The van der Waals surface area contributed by atoms with Crippen LogP contribution in [-0.4, -0.2) is 27.2 Å². The zero-order chi connectivity index (χ0) is 23.5. The first-order valence-electron chi connectivity index (χ1n) is 10.9. The summed E-state index contributed by atoms with van der Waals surface area (Å²) < 4.78 is 0. The van der Waals surface area contributed by atoms with E-state index in [2.05, 4.69) is 32.2 Å². The molecule has 0 aliphatic heterocycles. The van der Waals surface area contributed by atoms with Crippen molar-refractivity contribution in [1.29, 1.82) is 5.26 Å². The molecule has 0 bridgehead atoms. The number of thioether (sulfide) groups is 1. The number of nitriles is 1. The SMILES string of the molecule is CCC(Sc1nc2c(cc1C#N)CC(C(C)(C)C)CC2)C(=O)Nc1ccc(C(=O)O)cc1. The summed E-state index contributed by atoms with van der Waals surface area (Å²) in [5.74, 6) is -0.651. The summed E-state index contributed by atoms with van der Waals surface area (Å²) >= 11 is 1.31. The summed E-state index contributed by atoms with van der Waals surface area (Å²) in [5, 5.41) is 21.8. The lowest BCUT2D eigenvalue weighted by molar-refractivity contribution is -0.115. The minimum atomic E-state index is -1.01. The van der Waals surface area contributed by atoms with Gasteiger partial charge in [0.2, 0.25) is 5.91 Å². The molecule has 1 heterocycles. The molecule has 3 rings (SSSR count). The predicted octanol–water partition coefficient (Wildman–Crippen LogP) is 5.31. The highest BCUT2D eigenvalue weighted by Crippen LogP contribution is 2.38. The van der Waals surface area contributed by atoms with E-state index < -0.39 is 11.2 Å². The van der Waals surface area contributed by atoms with E-state index in [1.165, 1.54) is 23.9 Å². The summed E-state index contributed by atoms with van der Waals surface area (Å²) in [6.45, 7) is 8.69. The molecule has 7 heteroatoms. The molecule has 0 radical (unpaired) electrons. The molecule has 1 aromatic carbocycles.